The summed E-state index contributed by atoms with van der Waals surface area (Å²) in [6.45, 7) is 2.79. The maximum absolute atomic E-state index is 10.2. The van der Waals surface area contributed by atoms with E-state index in [2.05, 4.69) is 20.8 Å². The fourth-order valence-electron chi connectivity index (χ4n) is 2.38. The van der Waals surface area contributed by atoms with Gasteiger partial charge in [0, 0.05) is 17.8 Å². The van der Waals surface area contributed by atoms with Gasteiger partial charge in [0.1, 0.15) is 0 Å². The highest BCUT2D eigenvalue weighted by Gasteiger charge is 2.12. The third-order valence-electron chi connectivity index (χ3n) is 3.51. The molecule has 0 aliphatic heterocycles. The van der Waals surface area contributed by atoms with Crippen molar-refractivity contribution in [1.82, 2.24) is 20.2 Å². The molecule has 23 heavy (non-hydrogen) atoms. The summed E-state index contributed by atoms with van der Waals surface area (Å²) in [5.74, 6) is 0.653. The van der Waals surface area contributed by atoms with Gasteiger partial charge in [-0.15, -0.1) is 5.10 Å². The lowest BCUT2D eigenvalue weighted by molar-refractivity contribution is 0.161. The van der Waals surface area contributed by atoms with Gasteiger partial charge in [-0.05, 0) is 35.0 Å². The molecule has 118 valence electrons. The van der Waals surface area contributed by atoms with Crippen LogP contribution in [0.2, 0.25) is 0 Å². The normalized spacial score (nSPS) is 12.1. The van der Waals surface area contributed by atoms with Crippen molar-refractivity contribution in [1.29, 1.82) is 0 Å². The first-order valence-corrected chi connectivity index (χ1v) is 7.52. The van der Waals surface area contributed by atoms with Gasteiger partial charge in [-0.1, -0.05) is 42.5 Å². The van der Waals surface area contributed by atoms with Crippen molar-refractivity contribution < 1.29 is 5.11 Å². The van der Waals surface area contributed by atoms with E-state index < -0.39 is 6.10 Å². The summed E-state index contributed by atoms with van der Waals surface area (Å²) in [5, 5.41) is 25.2. The van der Waals surface area contributed by atoms with Gasteiger partial charge >= 0.3 is 0 Å². The summed E-state index contributed by atoms with van der Waals surface area (Å²) >= 11 is 0. The number of hydrogen-bond acceptors (Lipinski definition) is 5. The molecule has 1 atom stereocenters. The Kier molecular flexibility index (Phi) is 4.63. The molecule has 6 nitrogen and oxygen atoms in total. The molecule has 1 heterocycles. The molecular formula is C17H19N5O. The molecule has 3 rings (SSSR count). The predicted octanol–water partition coefficient (Wildman–Crippen LogP) is 2.12. The number of hydrogen-bond donors (Lipinski definition) is 2. The number of aromatic nitrogens is 4. The van der Waals surface area contributed by atoms with E-state index in [9.17, 15) is 5.11 Å². The molecule has 3 aromatic rings. The van der Waals surface area contributed by atoms with E-state index in [1.165, 1.54) is 5.56 Å². The third-order valence-corrected chi connectivity index (χ3v) is 3.51. The smallest absolute Gasteiger partial charge is 0.182 e. The summed E-state index contributed by atoms with van der Waals surface area (Å²) in [7, 11) is 0. The molecule has 2 aromatic carbocycles. The zero-order valence-corrected chi connectivity index (χ0v) is 12.9. The Labute approximate surface area is 134 Å². The van der Waals surface area contributed by atoms with Crippen molar-refractivity contribution in [2.45, 2.75) is 19.6 Å². The lowest BCUT2D eigenvalue weighted by Gasteiger charge is -2.14. The second kappa shape index (κ2) is 7.02. The molecule has 0 fully saturated rings. The molecule has 1 aromatic heterocycles. The highest BCUT2D eigenvalue weighted by molar-refractivity contribution is 5.53. The summed E-state index contributed by atoms with van der Waals surface area (Å²) < 4.78 is 1.62. The number of rotatable bonds is 6. The number of aryl methyl sites for hydroxylation is 1. The van der Waals surface area contributed by atoms with Gasteiger partial charge in [-0.25, -0.2) is 4.68 Å². The van der Waals surface area contributed by atoms with Crippen LogP contribution >= 0.6 is 0 Å². The number of benzene rings is 2. The van der Waals surface area contributed by atoms with Crippen molar-refractivity contribution in [3.05, 3.63) is 60.2 Å². The average Bonchev–Trinajstić information content (AvgIpc) is 3.02. The van der Waals surface area contributed by atoms with E-state index in [-0.39, 0.29) is 0 Å². The maximum atomic E-state index is 10.2. The van der Waals surface area contributed by atoms with Crippen LogP contribution in [0.3, 0.4) is 0 Å². The van der Waals surface area contributed by atoms with Crippen LogP contribution in [0.25, 0.3) is 11.4 Å². The van der Waals surface area contributed by atoms with Crippen molar-refractivity contribution in [3.63, 3.8) is 0 Å². The van der Waals surface area contributed by atoms with E-state index in [1.54, 1.807) is 4.68 Å². The third kappa shape index (κ3) is 3.92. The molecule has 0 saturated heterocycles. The molecule has 6 heteroatoms. The topological polar surface area (TPSA) is 75.9 Å². The van der Waals surface area contributed by atoms with Crippen molar-refractivity contribution in [2.24, 2.45) is 0 Å². The van der Waals surface area contributed by atoms with Gasteiger partial charge in [0.15, 0.2) is 5.82 Å². The number of nitrogens with zero attached hydrogens (tertiary/aromatic N) is 4. The minimum atomic E-state index is -0.596. The molecule has 0 aliphatic rings. The number of tetrazole rings is 1. The lowest BCUT2D eigenvalue weighted by Crippen LogP contribution is -2.26. The Bertz CT molecular complexity index is 756. The number of nitrogens with one attached hydrogen (secondary N) is 1. The molecule has 0 aliphatic carbocycles. The van der Waals surface area contributed by atoms with Crippen LogP contribution in [0.15, 0.2) is 54.6 Å². The van der Waals surface area contributed by atoms with Gasteiger partial charge in [0.2, 0.25) is 0 Å². The fourth-order valence-corrected chi connectivity index (χ4v) is 2.38. The summed E-state index contributed by atoms with van der Waals surface area (Å²) in [6, 6.07) is 17.7. The van der Waals surface area contributed by atoms with Crippen molar-refractivity contribution >= 4 is 5.69 Å². The number of aliphatic hydroxyl groups excluding tert-OH is 1. The highest BCUT2D eigenvalue weighted by Crippen LogP contribution is 2.15. The van der Waals surface area contributed by atoms with Crippen LogP contribution in [-0.2, 0) is 6.54 Å². The SMILES string of the molecule is Cc1cccc(NCC(O)Cn2nnnc2-c2ccccc2)c1. The number of aliphatic hydroxyl groups is 1. The first-order chi connectivity index (χ1) is 11.2. The van der Waals surface area contributed by atoms with E-state index in [1.807, 2.05) is 61.5 Å². The first kappa shape index (κ1) is 15.2. The lowest BCUT2D eigenvalue weighted by atomic mass is 10.2. The molecule has 0 saturated carbocycles. The van der Waals surface area contributed by atoms with E-state index in [4.69, 9.17) is 0 Å². The number of anilines is 1. The Hall–Kier alpha value is -2.73. The van der Waals surface area contributed by atoms with Gasteiger partial charge in [0.05, 0.1) is 12.6 Å². The highest BCUT2D eigenvalue weighted by atomic mass is 16.3. The Morgan fingerprint density at radius 3 is 2.74 bits per heavy atom. The van der Waals surface area contributed by atoms with Crippen molar-refractivity contribution in [2.75, 3.05) is 11.9 Å². The van der Waals surface area contributed by atoms with Crippen molar-refractivity contribution in [3.8, 4) is 11.4 Å². The Morgan fingerprint density at radius 1 is 1.13 bits per heavy atom. The summed E-state index contributed by atoms with van der Waals surface area (Å²) in [4.78, 5) is 0. The van der Waals surface area contributed by atoms with Gasteiger partial charge in [-0.2, -0.15) is 0 Å². The first-order valence-electron chi connectivity index (χ1n) is 7.52. The fraction of sp³-hybridized carbons (Fsp3) is 0.235. The Balaban J connectivity index is 1.63. The minimum Gasteiger partial charge on any atom is -0.389 e. The average molecular weight is 309 g/mol. The zero-order valence-electron chi connectivity index (χ0n) is 12.9. The standard InChI is InChI=1S/C17H19N5O/c1-13-6-5-9-15(10-13)18-11-16(23)12-22-17(19-20-21-22)14-7-3-2-4-8-14/h2-10,16,18,23H,11-12H2,1H3. The monoisotopic (exact) mass is 309 g/mol. The molecule has 0 spiro atoms. The molecule has 1 unspecified atom stereocenters. The second-order valence-electron chi connectivity index (χ2n) is 5.45. The van der Waals surface area contributed by atoms with Gasteiger partial charge in [-0.3, -0.25) is 0 Å². The quantitative estimate of drug-likeness (QED) is 0.729. The van der Waals surface area contributed by atoms with Crippen LogP contribution in [0, 0.1) is 6.92 Å². The van der Waals surface area contributed by atoms with Crippen LogP contribution in [0.1, 0.15) is 5.56 Å². The summed E-state index contributed by atoms with van der Waals surface area (Å²) in [6.07, 6.45) is -0.596. The minimum absolute atomic E-state index is 0.329. The van der Waals surface area contributed by atoms with Crippen LogP contribution in [0.5, 0.6) is 0 Å². The largest absolute Gasteiger partial charge is 0.389 e. The molecule has 0 radical (unpaired) electrons. The molecular weight excluding hydrogens is 290 g/mol. The van der Waals surface area contributed by atoms with Crippen LogP contribution in [0.4, 0.5) is 5.69 Å². The van der Waals surface area contributed by atoms with E-state index in [0.29, 0.717) is 18.9 Å². The van der Waals surface area contributed by atoms with Crippen LogP contribution < -0.4 is 5.32 Å². The van der Waals surface area contributed by atoms with Gasteiger partial charge < -0.3 is 10.4 Å². The molecule has 0 bridgehead atoms. The van der Waals surface area contributed by atoms with E-state index >= 15 is 0 Å². The second-order valence-corrected chi connectivity index (χ2v) is 5.45. The zero-order chi connectivity index (χ0) is 16.1. The predicted molar refractivity (Wildman–Crippen MR) is 88.9 cm³/mol. The van der Waals surface area contributed by atoms with E-state index in [0.717, 1.165) is 11.3 Å². The van der Waals surface area contributed by atoms with Gasteiger partial charge in [0.25, 0.3) is 0 Å². The van der Waals surface area contributed by atoms with Crippen LogP contribution in [-0.4, -0.2) is 38.0 Å². The molecule has 2 N–H and O–H groups in total. The maximum Gasteiger partial charge on any atom is 0.182 e. The Morgan fingerprint density at radius 2 is 1.96 bits per heavy atom. The molecule has 0 amide bonds. The summed E-state index contributed by atoms with van der Waals surface area (Å²) in [5.41, 5.74) is 3.09.